The second-order valence-corrected chi connectivity index (χ2v) is 13.1. The number of allylic oxidation sites excluding steroid dienone is 4. The molecule has 0 bridgehead atoms. The minimum Gasteiger partial charge on any atom is -0.390 e. The fourth-order valence-electron chi connectivity index (χ4n) is 9.87. The fraction of sp³-hybridized carbons (Fsp3) is 0.625. The molecule has 3 saturated carbocycles. The molecule has 1 N–H and O–H groups in total. The number of aliphatic hydroxyl groups is 1. The summed E-state index contributed by atoms with van der Waals surface area (Å²) in [6.07, 6.45) is 3.98. The topological polar surface area (TPSA) is 57.6 Å². The van der Waals surface area contributed by atoms with E-state index in [2.05, 4.69) is 24.0 Å². The summed E-state index contributed by atoms with van der Waals surface area (Å²) in [5, 5.41) is 11.6. The molecule has 1 heterocycles. The first-order valence-corrected chi connectivity index (χ1v) is 14.2. The van der Waals surface area contributed by atoms with Gasteiger partial charge in [-0.25, -0.2) is 8.78 Å². The maximum Gasteiger partial charge on any atom is 0.178 e. The largest absolute Gasteiger partial charge is 0.390 e. The van der Waals surface area contributed by atoms with E-state index in [0.29, 0.717) is 13.0 Å². The fourth-order valence-corrected chi connectivity index (χ4v) is 9.87. The number of hydrogen-bond acceptors (Lipinski definition) is 4. The van der Waals surface area contributed by atoms with Crippen molar-refractivity contribution in [1.29, 1.82) is 0 Å². The van der Waals surface area contributed by atoms with Gasteiger partial charge in [-0.1, -0.05) is 43.3 Å². The van der Waals surface area contributed by atoms with Gasteiger partial charge in [0.1, 0.15) is 12.0 Å². The number of hydrogen-bond donors (Lipinski definition) is 1. The van der Waals surface area contributed by atoms with Gasteiger partial charge in [-0.15, -0.1) is 0 Å². The summed E-state index contributed by atoms with van der Waals surface area (Å²) in [5.41, 5.74) is -3.32. The summed E-state index contributed by atoms with van der Waals surface area (Å²) in [6, 6.07) is 10.4. The Labute approximate surface area is 224 Å². The van der Waals surface area contributed by atoms with Crippen molar-refractivity contribution in [2.75, 3.05) is 19.6 Å². The van der Waals surface area contributed by atoms with Crippen LogP contribution in [0.25, 0.3) is 0 Å². The molecule has 1 aromatic rings. The third kappa shape index (κ3) is 3.25. The van der Waals surface area contributed by atoms with Crippen LogP contribution < -0.4 is 0 Å². The van der Waals surface area contributed by atoms with E-state index in [9.17, 15) is 14.7 Å². The molecule has 1 saturated heterocycles. The molecule has 4 nitrogen and oxygen atoms in total. The molecular weight excluding hydrogens is 484 g/mol. The van der Waals surface area contributed by atoms with Gasteiger partial charge in [-0.05, 0) is 93.0 Å². The molecule has 4 fully saturated rings. The Bertz CT molecular complexity index is 1210. The molecule has 1 aromatic carbocycles. The molecule has 6 heteroatoms. The Morgan fingerprint density at radius 2 is 1.89 bits per heavy atom. The number of likely N-dealkylation sites (tertiary alicyclic amines) is 1. The lowest BCUT2D eigenvalue weighted by Gasteiger charge is -2.63. The molecule has 9 atom stereocenters. The SMILES string of the molecule is CC(=O)[C@@]12CN(CCCc3ccccc3)C[C@@H]1C[C@H]1[C@@H]3C[C@H](F)C4=CC(=O)C=C[C@]4(C)[C@@]3(F)[C@@H](O)C[C@@]12C. The molecule has 0 aromatic heterocycles. The van der Waals surface area contributed by atoms with E-state index in [-0.39, 0.29) is 41.8 Å². The average Bonchev–Trinajstić information content (AvgIpc) is 3.36. The van der Waals surface area contributed by atoms with E-state index in [1.165, 1.54) is 23.8 Å². The molecule has 0 radical (unpaired) electrons. The van der Waals surface area contributed by atoms with Gasteiger partial charge in [0.2, 0.25) is 0 Å². The number of alkyl halides is 2. The van der Waals surface area contributed by atoms with Gasteiger partial charge >= 0.3 is 0 Å². The highest BCUT2D eigenvalue weighted by Crippen LogP contribution is 2.74. The van der Waals surface area contributed by atoms with Crippen molar-refractivity contribution in [2.24, 2.45) is 34.0 Å². The van der Waals surface area contributed by atoms with Crippen LogP contribution in [0.4, 0.5) is 8.78 Å². The van der Waals surface area contributed by atoms with Crippen molar-refractivity contribution >= 4 is 11.6 Å². The quantitative estimate of drug-likeness (QED) is 0.587. The predicted molar refractivity (Wildman–Crippen MR) is 142 cm³/mol. The summed E-state index contributed by atoms with van der Waals surface area (Å²) in [7, 11) is 0. The van der Waals surface area contributed by atoms with Crippen molar-refractivity contribution in [3.8, 4) is 0 Å². The van der Waals surface area contributed by atoms with E-state index in [1.807, 2.05) is 18.2 Å². The number of nitrogens with zero attached hydrogens (tertiary/aromatic N) is 1. The number of Topliss-reactive ketones (excluding diaryl/α,β-unsaturated/α-hetero) is 1. The van der Waals surface area contributed by atoms with Crippen LogP contribution in [0.3, 0.4) is 0 Å². The smallest absolute Gasteiger partial charge is 0.178 e. The zero-order valence-electron chi connectivity index (χ0n) is 22.6. The van der Waals surface area contributed by atoms with Crippen molar-refractivity contribution in [3.63, 3.8) is 0 Å². The molecule has 4 aliphatic carbocycles. The first-order chi connectivity index (χ1) is 18.0. The van der Waals surface area contributed by atoms with Crippen molar-refractivity contribution in [3.05, 3.63) is 59.7 Å². The minimum absolute atomic E-state index is 0.0577. The van der Waals surface area contributed by atoms with Gasteiger partial charge in [0.15, 0.2) is 11.5 Å². The molecular formula is C32H39F2NO3. The lowest BCUT2D eigenvalue weighted by molar-refractivity contribution is -0.211. The third-order valence-corrected chi connectivity index (χ3v) is 11.6. The molecule has 204 valence electrons. The number of benzene rings is 1. The number of aryl methyl sites for hydroxylation is 1. The number of carbonyl (C=O) groups is 2. The summed E-state index contributed by atoms with van der Waals surface area (Å²) >= 11 is 0. The van der Waals surface area contributed by atoms with Gasteiger partial charge in [-0.3, -0.25) is 9.59 Å². The second kappa shape index (κ2) is 8.66. The molecule has 1 aliphatic heterocycles. The van der Waals surface area contributed by atoms with Gasteiger partial charge in [0.05, 0.1) is 11.5 Å². The van der Waals surface area contributed by atoms with Crippen LogP contribution in [-0.4, -0.2) is 59.2 Å². The number of aliphatic hydroxyl groups excluding tert-OH is 1. The van der Waals surface area contributed by atoms with E-state index < -0.39 is 40.1 Å². The van der Waals surface area contributed by atoms with Crippen LogP contribution in [0.1, 0.15) is 52.0 Å². The first-order valence-electron chi connectivity index (χ1n) is 14.2. The normalized spacial score (nSPS) is 45.7. The Hall–Kier alpha value is -2.18. The summed E-state index contributed by atoms with van der Waals surface area (Å²) in [4.78, 5) is 28.0. The Morgan fingerprint density at radius 1 is 1.16 bits per heavy atom. The summed E-state index contributed by atoms with van der Waals surface area (Å²) < 4.78 is 33.1. The van der Waals surface area contributed by atoms with Gasteiger partial charge in [0.25, 0.3) is 0 Å². The highest BCUT2D eigenvalue weighted by molar-refractivity contribution is 6.01. The van der Waals surface area contributed by atoms with Crippen LogP contribution >= 0.6 is 0 Å². The Balaban J connectivity index is 1.30. The molecule has 0 unspecified atom stereocenters. The zero-order valence-corrected chi connectivity index (χ0v) is 22.6. The zero-order chi connectivity index (χ0) is 27.1. The number of ketones is 2. The molecule has 0 spiro atoms. The molecule has 0 amide bonds. The van der Waals surface area contributed by atoms with Crippen molar-refractivity contribution in [1.82, 2.24) is 4.90 Å². The van der Waals surface area contributed by atoms with Gasteiger partial charge in [-0.2, -0.15) is 0 Å². The van der Waals surface area contributed by atoms with E-state index in [0.717, 1.165) is 25.9 Å². The maximum atomic E-state index is 17.4. The maximum absolute atomic E-state index is 17.4. The first kappa shape index (κ1) is 26.1. The number of rotatable bonds is 5. The standard InChI is InChI=1S/C32H39F2NO3/c1-20(36)31-19-35(13-7-10-21-8-5-4-6-9-21)18-22(31)14-24-25-16-27(33)26-15-23(37)11-12-29(26,2)32(25,34)28(38)17-30(24,31)3/h4-6,8-9,11-12,15,22,24-25,27-28,38H,7,10,13-14,16-19H2,1-3H3/t22-,24-,25-,27-,28-,29-,30-,31-,32-/m0/s1. The predicted octanol–water partition coefficient (Wildman–Crippen LogP) is 5.06. The van der Waals surface area contributed by atoms with Crippen LogP contribution in [-0.2, 0) is 16.0 Å². The lowest BCUT2D eigenvalue weighted by Crippen LogP contribution is -2.69. The Kier molecular flexibility index (Phi) is 5.94. The average molecular weight is 524 g/mol. The number of carbonyl (C=O) groups excluding carboxylic acids is 2. The van der Waals surface area contributed by atoms with Gasteiger partial charge < -0.3 is 10.0 Å². The van der Waals surface area contributed by atoms with Crippen molar-refractivity contribution in [2.45, 2.75) is 70.8 Å². The molecule has 5 aliphatic rings. The molecule has 6 rings (SSSR count). The summed E-state index contributed by atoms with van der Waals surface area (Å²) in [5.74, 6) is -1.10. The molecule has 38 heavy (non-hydrogen) atoms. The van der Waals surface area contributed by atoms with E-state index in [4.69, 9.17) is 0 Å². The Morgan fingerprint density at radius 3 is 2.61 bits per heavy atom. The highest BCUT2D eigenvalue weighted by atomic mass is 19.1. The van der Waals surface area contributed by atoms with Crippen molar-refractivity contribution < 1.29 is 23.5 Å². The van der Waals surface area contributed by atoms with Gasteiger partial charge in [0, 0.05) is 24.4 Å². The third-order valence-electron chi connectivity index (χ3n) is 11.6. The van der Waals surface area contributed by atoms with Crippen LogP contribution in [0.5, 0.6) is 0 Å². The van der Waals surface area contributed by atoms with Crippen LogP contribution in [0.2, 0.25) is 0 Å². The number of fused-ring (bicyclic) bond motifs is 7. The second-order valence-electron chi connectivity index (χ2n) is 13.1. The minimum atomic E-state index is -2.09. The monoisotopic (exact) mass is 523 g/mol. The van der Waals surface area contributed by atoms with E-state index in [1.54, 1.807) is 13.8 Å². The lowest BCUT2D eigenvalue weighted by atomic mass is 9.43. The highest BCUT2D eigenvalue weighted by Gasteiger charge is 2.77. The van der Waals surface area contributed by atoms with Crippen LogP contribution in [0, 0.1) is 34.0 Å². The van der Waals surface area contributed by atoms with Crippen LogP contribution in [0.15, 0.2) is 54.1 Å². The summed E-state index contributed by atoms with van der Waals surface area (Å²) in [6.45, 7) is 7.64. The van der Waals surface area contributed by atoms with E-state index >= 15 is 8.78 Å². The number of halogens is 2.